The second-order valence-electron chi connectivity index (χ2n) is 6.79. The Kier molecular flexibility index (Phi) is 6.29. The van der Waals surface area contributed by atoms with Gasteiger partial charge >= 0.3 is 0 Å². The van der Waals surface area contributed by atoms with Crippen LogP contribution in [0, 0.1) is 13.8 Å². The molecule has 0 bridgehead atoms. The number of hydrogen-bond donors (Lipinski definition) is 0. The van der Waals surface area contributed by atoms with Gasteiger partial charge in [-0.3, -0.25) is 4.90 Å². The van der Waals surface area contributed by atoms with Crippen molar-refractivity contribution < 1.29 is 4.74 Å². The molecule has 0 aliphatic carbocycles. The molecule has 0 saturated carbocycles. The predicted octanol–water partition coefficient (Wildman–Crippen LogP) is 3.68. The molecule has 25 heavy (non-hydrogen) atoms. The Morgan fingerprint density at radius 3 is 2.36 bits per heavy atom. The van der Waals surface area contributed by atoms with Gasteiger partial charge in [0.1, 0.15) is 11.6 Å². The number of benzene rings is 1. The molecule has 0 amide bonds. The minimum Gasteiger partial charge on any atom is -0.493 e. The molecule has 0 N–H and O–H groups in total. The minimum atomic E-state index is 0.805. The van der Waals surface area contributed by atoms with Gasteiger partial charge in [0.05, 0.1) is 6.61 Å². The molecule has 1 aliphatic rings. The number of ether oxygens (including phenoxy) is 1. The van der Waals surface area contributed by atoms with Crippen LogP contribution in [0.3, 0.4) is 0 Å². The number of anilines is 1. The summed E-state index contributed by atoms with van der Waals surface area (Å²) in [6, 6.07) is 12.4. The van der Waals surface area contributed by atoms with Crippen molar-refractivity contribution in [1.82, 2.24) is 9.88 Å². The van der Waals surface area contributed by atoms with Gasteiger partial charge < -0.3 is 9.64 Å². The van der Waals surface area contributed by atoms with Gasteiger partial charge in [0, 0.05) is 32.4 Å². The summed E-state index contributed by atoms with van der Waals surface area (Å²) >= 11 is 0. The molecular weight excluding hydrogens is 310 g/mol. The molecule has 1 saturated heterocycles. The summed E-state index contributed by atoms with van der Waals surface area (Å²) in [6.07, 6.45) is 4.17. The zero-order chi connectivity index (χ0) is 17.5. The van der Waals surface area contributed by atoms with Crippen LogP contribution in [0.1, 0.15) is 24.0 Å². The van der Waals surface area contributed by atoms with E-state index < -0.39 is 0 Å². The number of unbranched alkanes of at least 4 members (excludes halogenated alkanes) is 1. The molecule has 0 unspecified atom stereocenters. The number of aromatic nitrogens is 1. The lowest BCUT2D eigenvalue weighted by Crippen LogP contribution is -2.46. The van der Waals surface area contributed by atoms with Crippen LogP contribution in [-0.4, -0.2) is 49.2 Å². The Bertz CT molecular complexity index is 631. The van der Waals surface area contributed by atoms with Gasteiger partial charge in [-0.2, -0.15) is 0 Å². The van der Waals surface area contributed by atoms with E-state index in [1.54, 1.807) is 0 Å². The summed E-state index contributed by atoms with van der Waals surface area (Å²) in [4.78, 5) is 9.38. The van der Waals surface area contributed by atoms with Gasteiger partial charge in [-0.05, 0) is 56.5 Å². The molecule has 0 radical (unpaired) electrons. The van der Waals surface area contributed by atoms with Crippen LogP contribution >= 0.6 is 0 Å². The number of rotatable bonds is 7. The lowest BCUT2D eigenvalue weighted by atomic mass is 10.1. The smallest absolute Gasteiger partial charge is 0.128 e. The van der Waals surface area contributed by atoms with E-state index in [-0.39, 0.29) is 0 Å². The van der Waals surface area contributed by atoms with Crippen LogP contribution in [0.5, 0.6) is 5.75 Å². The van der Waals surface area contributed by atoms with Gasteiger partial charge in [-0.15, -0.1) is 0 Å². The van der Waals surface area contributed by atoms with Crippen molar-refractivity contribution in [3.63, 3.8) is 0 Å². The first-order chi connectivity index (χ1) is 12.2. The number of nitrogens with zero attached hydrogens (tertiary/aromatic N) is 3. The predicted molar refractivity (Wildman–Crippen MR) is 104 cm³/mol. The molecule has 1 aromatic heterocycles. The molecule has 134 valence electrons. The molecule has 2 aromatic rings. The van der Waals surface area contributed by atoms with Gasteiger partial charge in [-0.1, -0.05) is 24.3 Å². The Morgan fingerprint density at radius 2 is 1.68 bits per heavy atom. The average molecular weight is 339 g/mol. The first-order valence-electron chi connectivity index (χ1n) is 9.31. The molecule has 4 heteroatoms. The summed E-state index contributed by atoms with van der Waals surface area (Å²) in [5.41, 5.74) is 2.45. The van der Waals surface area contributed by atoms with E-state index in [1.165, 1.54) is 17.5 Å². The molecule has 0 spiro atoms. The topological polar surface area (TPSA) is 28.6 Å². The fraction of sp³-hybridized carbons (Fsp3) is 0.476. The number of para-hydroxylation sites is 1. The fourth-order valence-electron chi connectivity index (χ4n) is 3.38. The molecule has 1 aliphatic heterocycles. The van der Waals surface area contributed by atoms with Crippen molar-refractivity contribution >= 4 is 5.82 Å². The van der Waals surface area contributed by atoms with Crippen LogP contribution in [0.15, 0.2) is 42.6 Å². The second kappa shape index (κ2) is 8.86. The highest BCUT2D eigenvalue weighted by Gasteiger charge is 2.17. The lowest BCUT2D eigenvalue weighted by molar-refractivity contribution is 0.237. The van der Waals surface area contributed by atoms with Crippen molar-refractivity contribution in [2.45, 2.75) is 26.7 Å². The monoisotopic (exact) mass is 339 g/mol. The largest absolute Gasteiger partial charge is 0.493 e. The minimum absolute atomic E-state index is 0.805. The maximum Gasteiger partial charge on any atom is 0.128 e. The molecule has 0 atom stereocenters. The van der Waals surface area contributed by atoms with Crippen molar-refractivity contribution in [1.29, 1.82) is 0 Å². The van der Waals surface area contributed by atoms with Gasteiger partial charge in [0.25, 0.3) is 0 Å². The van der Waals surface area contributed by atoms with Crippen molar-refractivity contribution in [3.8, 4) is 5.75 Å². The Balaban J connectivity index is 1.33. The highest BCUT2D eigenvalue weighted by molar-refractivity contribution is 5.39. The van der Waals surface area contributed by atoms with Crippen molar-refractivity contribution in [2.24, 2.45) is 0 Å². The fourth-order valence-corrected chi connectivity index (χ4v) is 3.38. The number of piperazine rings is 1. The third-order valence-corrected chi connectivity index (χ3v) is 4.87. The number of hydrogen-bond acceptors (Lipinski definition) is 4. The average Bonchev–Trinajstić information content (AvgIpc) is 2.65. The maximum absolute atomic E-state index is 6.00. The number of aryl methyl sites for hydroxylation is 2. The van der Waals surface area contributed by atoms with E-state index in [2.05, 4.69) is 59.0 Å². The van der Waals surface area contributed by atoms with Crippen LogP contribution in [0.4, 0.5) is 5.82 Å². The molecule has 1 fully saturated rings. The standard InChI is InChI=1S/C21H29N3O/c1-18-8-7-9-19(2)21(18)25-17-6-5-12-23-13-15-24(16-14-23)20-10-3-4-11-22-20/h3-4,7-11H,5-6,12-17H2,1-2H3. The third kappa shape index (κ3) is 4.95. The summed E-state index contributed by atoms with van der Waals surface area (Å²) in [7, 11) is 0. The first-order valence-corrected chi connectivity index (χ1v) is 9.31. The van der Waals surface area contributed by atoms with Crippen LogP contribution in [-0.2, 0) is 0 Å². The van der Waals surface area contributed by atoms with Crippen LogP contribution in [0.25, 0.3) is 0 Å². The Morgan fingerprint density at radius 1 is 0.920 bits per heavy atom. The zero-order valence-electron chi connectivity index (χ0n) is 15.4. The quantitative estimate of drug-likeness (QED) is 0.720. The number of pyridine rings is 1. The normalized spacial score (nSPS) is 15.4. The maximum atomic E-state index is 6.00. The van der Waals surface area contributed by atoms with Crippen LogP contribution < -0.4 is 9.64 Å². The van der Waals surface area contributed by atoms with E-state index in [1.807, 2.05) is 12.3 Å². The van der Waals surface area contributed by atoms with E-state index in [9.17, 15) is 0 Å². The zero-order valence-corrected chi connectivity index (χ0v) is 15.4. The first kappa shape index (κ1) is 17.7. The van der Waals surface area contributed by atoms with Gasteiger partial charge in [0.15, 0.2) is 0 Å². The summed E-state index contributed by atoms with van der Waals surface area (Å²) in [5, 5.41) is 0. The highest BCUT2D eigenvalue weighted by atomic mass is 16.5. The van der Waals surface area contributed by atoms with E-state index in [0.717, 1.165) is 57.3 Å². The lowest BCUT2D eigenvalue weighted by Gasteiger charge is -2.35. The molecule has 3 rings (SSSR count). The van der Waals surface area contributed by atoms with Crippen molar-refractivity contribution in [2.75, 3.05) is 44.2 Å². The molecule has 4 nitrogen and oxygen atoms in total. The van der Waals surface area contributed by atoms with E-state index in [4.69, 9.17) is 4.74 Å². The molecule has 2 heterocycles. The Hall–Kier alpha value is -2.07. The second-order valence-corrected chi connectivity index (χ2v) is 6.79. The van der Waals surface area contributed by atoms with Gasteiger partial charge in [0.2, 0.25) is 0 Å². The van der Waals surface area contributed by atoms with E-state index >= 15 is 0 Å². The molecule has 1 aromatic carbocycles. The Labute approximate surface area is 151 Å². The van der Waals surface area contributed by atoms with Crippen molar-refractivity contribution in [3.05, 3.63) is 53.7 Å². The summed E-state index contributed by atoms with van der Waals surface area (Å²) < 4.78 is 6.00. The summed E-state index contributed by atoms with van der Waals surface area (Å²) in [6.45, 7) is 10.6. The third-order valence-electron chi connectivity index (χ3n) is 4.87. The SMILES string of the molecule is Cc1cccc(C)c1OCCCCN1CCN(c2ccccn2)CC1. The van der Waals surface area contributed by atoms with Crippen LogP contribution in [0.2, 0.25) is 0 Å². The highest BCUT2D eigenvalue weighted by Crippen LogP contribution is 2.22. The summed E-state index contributed by atoms with van der Waals surface area (Å²) in [5.74, 6) is 2.16. The van der Waals surface area contributed by atoms with Gasteiger partial charge in [-0.25, -0.2) is 4.98 Å². The van der Waals surface area contributed by atoms with E-state index in [0.29, 0.717) is 0 Å². The molecular formula is C21H29N3O.